The Morgan fingerprint density at radius 2 is 1.07 bits per heavy atom. The van der Waals surface area contributed by atoms with Crippen molar-refractivity contribution in [3.63, 3.8) is 0 Å². The molecule has 4 heterocycles. The average molecular weight is 918 g/mol. The van der Waals surface area contributed by atoms with Crippen LogP contribution in [0.3, 0.4) is 0 Å². The molecule has 0 bridgehead atoms. The molecule has 0 fully saturated rings. The van der Waals surface area contributed by atoms with Crippen LogP contribution in [0.25, 0.3) is 0 Å². The lowest BCUT2D eigenvalue weighted by Crippen LogP contribution is -2.25. The number of carbonyl (C=O) groups is 2. The van der Waals surface area contributed by atoms with E-state index in [-0.39, 0.29) is 71.7 Å². The van der Waals surface area contributed by atoms with E-state index in [9.17, 15) is 35.9 Å². The molecule has 4 aromatic carbocycles. The van der Waals surface area contributed by atoms with Gasteiger partial charge in [0.2, 0.25) is 5.95 Å². The molecule has 2 atom stereocenters. The Hall–Kier alpha value is -6.31. The van der Waals surface area contributed by atoms with Crippen LogP contribution < -0.4 is 31.2 Å². The molecule has 0 radical (unpaired) electrons. The zero-order chi connectivity index (χ0) is 42.1. The van der Waals surface area contributed by atoms with Crippen molar-refractivity contribution in [3.05, 3.63) is 159 Å². The number of halogens is 8. The maximum Gasteiger partial charge on any atom is 0.262 e. The van der Waals surface area contributed by atoms with Gasteiger partial charge in [0.25, 0.3) is 11.8 Å². The minimum atomic E-state index is -1.12. The number of anilines is 3. The largest absolute Gasteiger partial charge is 0.492 e. The van der Waals surface area contributed by atoms with Gasteiger partial charge in [-0.15, -0.1) is 12.4 Å². The van der Waals surface area contributed by atoms with Gasteiger partial charge in [-0.2, -0.15) is 0 Å². The molecule has 5 N–H and O–H groups in total. The summed E-state index contributed by atoms with van der Waals surface area (Å²) in [6, 6.07) is 13.8. The first-order valence-electron chi connectivity index (χ1n) is 17.5. The van der Waals surface area contributed by atoms with E-state index in [4.69, 9.17) is 15.2 Å². The van der Waals surface area contributed by atoms with Gasteiger partial charge in [-0.3, -0.25) is 9.59 Å². The molecule has 312 valence electrons. The molecular formula is C40H32BrClF6N8O4. The molecule has 2 aromatic heterocycles. The van der Waals surface area contributed by atoms with Gasteiger partial charge >= 0.3 is 0 Å². The number of nitrogens with one attached hydrogen (secondary N) is 3. The van der Waals surface area contributed by atoms with Gasteiger partial charge in [0.05, 0.1) is 19.3 Å². The molecule has 0 unspecified atom stereocenters. The van der Waals surface area contributed by atoms with Crippen LogP contribution in [-0.4, -0.2) is 45.0 Å². The number of nitrogens with zero attached hydrogens (tertiary/aromatic N) is 4. The zero-order valence-electron chi connectivity index (χ0n) is 30.8. The number of hydrogen-bond donors (Lipinski definition) is 4. The molecule has 0 saturated carbocycles. The summed E-state index contributed by atoms with van der Waals surface area (Å²) in [6.07, 6.45) is 7.64. The highest BCUT2D eigenvalue weighted by atomic mass is 79.9. The lowest BCUT2D eigenvalue weighted by Gasteiger charge is -2.28. The highest BCUT2D eigenvalue weighted by molar-refractivity contribution is 9.10. The van der Waals surface area contributed by atoms with Crippen molar-refractivity contribution >= 4 is 57.5 Å². The van der Waals surface area contributed by atoms with Gasteiger partial charge in [-0.05, 0) is 64.5 Å². The van der Waals surface area contributed by atoms with Gasteiger partial charge in [0.15, 0.2) is 28.0 Å². The zero-order valence-corrected chi connectivity index (χ0v) is 33.2. The number of aromatic nitrogens is 4. The highest BCUT2D eigenvalue weighted by Crippen LogP contribution is 2.38. The summed E-state index contributed by atoms with van der Waals surface area (Å²) in [7, 11) is 0. The summed E-state index contributed by atoms with van der Waals surface area (Å²) < 4.78 is 92.8. The Morgan fingerprint density at radius 3 is 1.55 bits per heavy atom. The second kappa shape index (κ2) is 20.6. The lowest BCUT2D eigenvalue weighted by atomic mass is 9.96. The first-order chi connectivity index (χ1) is 28.4. The highest BCUT2D eigenvalue weighted by Gasteiger charge is 2.30. The number of carbonyl (C=O) groups excluding carboxylic acids is 2. The Morgan fingerprint density at radius 1 is 0.617 bits per heavy atom. The van der Waals surface area contributed by atoms with E-state index >= 15 is 0 Å². The molecule has 60 heavy (non-hydrogen) atoms. The minimum absolute atomic E-state index is 0. The van der Waals surface area contributed by atoms with Gasteiger partial charge in [0, 0.05) is 78.3 Å². The first kappa shape index (κ1) is 44.8. The van der Waals surface area contributed by atoms with E-state index in [2.05, 4.69) is 51.8 Å². The van der Waals surface area contributed by atoms with Gasteiger partial charge in [0.1, 0.15) is 34.3 Å². The van der Waals surface area contributed by atoms with Crippen LogP contribution in [0.2, 0.25) is 0 Å². The molecule has 6 aromatic rings. The average Bonchev–Trinajstić information content (AvgIpc) is 3.22. The number of hydrogen-bond acceptors (Lipinski definition) is 10. The molecular weight excluding hydrogens is 886 g/mol. The molecule has 2 amide bonds. The molecule has 2 aliphatic heterocycles. The predicted molar refractivity (Wildman–Crippen MR) is 214 cm³/mol. The van der Waals surface area contributed by atoms with E-state index in [1.165, 1.54) is 24.3 Å². The maximum absolute atomic E-state index is 14.5. The summed E-state index contributed by atoms with van der Waals surface area (Å²) in [5.41, 5.74) is 6.42. The fraction of sp³-hybridized carbons (Fsp3) is 0.150. The monoisotopic (exact) mass is 916 g/mol. The second-order valence-corrected chi connectivity index (χ2v) is 13.2. The molecule has 0 aliphatic carbocycles. The third kappa shape index (κ3) is 11.0. The standard InChI is InChI=1S/C20H15F3N4O2.C16H13F3N2O2.C4H3BrN2.ClH/c21-13-4-2-11(10-15(13)23)26-19(28)17-14(22)5-3-12-16(6-9-29-18(12)17)27-20-24-7-1-8-25-20;17-10-3-1-8(7-12(10)19)21-16(22)14-11(18)4-2-9-13(20)5-6-23-15(9)14;5-4-6-2-1-3-7-4;/h1-5,7-8,10,16H,6,9H2,(H,26,28)(H,24,25,27);1-4,7,13H,5-6,20H2,(H,21,22);1-3H;1H/t16-;13-;;/m00../s1. The molecule has 20 heteroatoms. The fourth-order valence-corrected chi connectivity index (χ4v) is 6.06. The van der Waals surface area contributed by atoms with Crippen LogP contribution in [0.1, 0.15) is 56.8 Å². The van der Waals surface area contributed by atoms with E-state index < -0.39 is 46.7 Å². The number of nitrogens with two attached hydrogens (primary N) is 1. The van der Waals surface area contributed by atoms with Crippen molar-refractivity contribution in [2.75, 3.05) is 29.2 Å². The Labute approximate surface area is 352 Å². The second-order valence-electron chi connectivity index (χ2n) is 12.5. The van der Waals surface area contributed by atoms with Crippen molar-refractivity contribution in [1.82, 2.24) is 19.9 Å². The van der Waals surface area contributed by atoms with Crippen LogP contribution in [0.15, 0.2) is 102 Å². The van der Waals surface area contributed by atoms with Crippen molar-refractivity contribution in [2.24, 2.45) is 5.73 Å². The third-order valence-electron chi connectivity index (χ3n) is 8.59. The van der Waals surface area contributed by atoms with Crippen LogP contribution >= 0.6 is 28.3 Å². The van der Waals surface area contributed by atoms with Crippen molar-refractivity contribution in [3.8, 4) is 11.5 Å². The van der Waals surface area contributed by atoms with Crippen molar-refractivity contribution in [1.29, 1.82) is 0 Å². The van der Waals surface area contributed by atoms with Crippen LogP contribution in [0.4, 0.5) is 43.7 Å². The number of amides is 2. The molecule has 0 spiro atoms. The number of benzene rings is 4. The Bertz CT molecular complexity index is 2460. The normalized spacial score (nSPS) is 14.7. The summed E-state index contributed by atoms with van der Waals surface area (Å²) in [5.74, 6) is -6.98. The maximum atomic E-state index is 14.5. The number of rotatable bonds is 6. The molecule has 0 saturated heterocycles. The summed E-state index contributed by atoms with van der Waals surface area (Å²) >= 11 is 3.09. The van der Waals surface area contributed by atoms with E-state index in [0.717, 1.165) is 36.4 Å². The summed E-state index contributed by atoms with van der Waals surface area (Å²) in [6.45, 7) is 0.509. The van der Waals surface area contributed by atoms with E-state index in [0.29, 0.717) is 34.7 Å². The quantitative estimate of drug-likeness (QED) is 0.0937. The summed E-state index contributed by atoms with van der Waals surface area (Å²) in [5, 5.41) is 7.84. The van der Waals surface area contributed by atoms with Crippen LogP contribution in [0.5, 0.6) is 11.5 Å². The Kier molecular flexibility index (Phi) is 15.4. The van der Waals surface area contributed by atoms with E-state index in [1.807, 2.05) is 0 Å². The van der Waals surface area contributed by atoms with Crippen molar-refractivity contribution in [2.45, 2.75) is 24.9 Å². The van der Waals surface area contributed by atoms with Crippen molar-refractivity contribution < 1.29 is 45.4 Å². The third-order valence-corrected chi connectivity index (χ3v) is 9.00. The topological polar surface area (TPSA) is 166 Å². The van der Waals surface area contributed by atoms with Crippen LogP contribution in [0, 0.1) is 34.9 Å². The molecule has 2 aliphatic rings. The smallest absolute Gasteiger partial charge is 0.262 e. The number of fused-ring (bicyclic) bond motifs is 2. The fourth-order valence-electron chi connectivity index (χ4n) is 5.82. The Balaban J connectivity index is 0.000000196. The summed E-state index contributed by atoms with van der Waals surface area (Å²) in [4.78, 5) is 40.8. The molecule has 8 rings (SSSR count). The predicted octanol–water partition coefficient (Wildman–Crippen LogP) is 8.88. The lowest BCUT2D eigenvalue weighted by molar-refractivity contribution is 0.100. The van der Waals surface area contributed by atoms with Crippen LogP contribution in [-0.2, 0) is 0 Å². The first-order valence-corrected chi connectivity index (χ1v) is 18.3. The van der Waals surface area contributed by atoms with Gasteiger partial charge in [-0.25, -0.2) is 46.3 Å². The minimum Gasteiger partial charge on any atom is -0.492 e. The number of ether oxygens (including phenoxy) is 2. The molecule has 12 nitrogen and oxygen atoms in total. The van der Waals surface area contributed by atoms with Gasteiger partial charge < -0.3 is 31.2 Å². The van der Waals surface area contributed by atoms with Gasteiger partial charge in [-0.1, -0.05) is 12.1 Å². The SMILES string of the molecule is Brc1ncccn1.Cl.N[C@H]1CCOc2c1ccc(F)c2C(=O)Nc1ccc(F)c(F)c1.O=C(Nc1ccc(F)c(F)c1)c1c(F)ccc2c1OCC[C@@H]2Nc1ncccn1. The van der Waals surface area contributed by atoms with E-state index in [1.54, 1.807) is 36.9 Å².